The van der Waals surface area contributed by atoms with E-state index in [4.69, 9.17) is 15.6 Å². The number of hydrogen-bond donors (Lipinski definition) is 5. The van der Waals surface area contributed by atoms with E-state index in [1.54, 1.807) is 6.92 Å². The number of aliphatic carboxylic acids is 1. The molecule has 0 spiro atoms. The van der Waals surface area contributed by atoms with Crippen molar-refractivity contribution in [3.8, 4) is 0 Å². The van der Waals surface area contributed by atoms with Crippen molar-refractivity contribution in [2.24, 2.45) is 5.73 Å². The van der Waals surface area contributed by atoms with Crippen molar-refractivity contribution in [1.29, 1.82) is 0 Å². The smallest absolute Gasteiger partial charge is 0.325 e. The molecule has 0 bridgehead atoms. The van der Waals surface area contributed by atoms with Crippen LogP contribution in [-0.2, 0) is 23.9 Å². The Morgan fingerprint density at radius 1 is 1.24 bits per heavy atom. The molecule has 0 aromatic heterocycles. The fourth-order valence-electron chi connectivity index (χ4n) is 1.88. The first-order valence-electron chi connectivity index (χ1n) is 8.07. The number of rotatable bonds is 12. The predicted octanol–water partition coefficient (Wildman–Crippen LogP) is -0.559. The van der Waals surface area contributed by atoms with Crippen molar-refractivity contribution in [3.63, 3.8) is 0 Å². The molecule has 144 valence electrons. The van der Waals surface area contributed by atoms with Crippen molar-refractivity contribution < 1.29 is 29.0 Å². The summed E-state index contributed by atoms with van der Waals surface area (Å²) in [5, 5.41) is 13.4. The molecule has 0 heterocycles. The molecule has 5 N–H and O–H groups in total. The van der Waals surface area contributed by atoms with Gasteiger partial charge in [-0.15, -0.1) is 0 Å². The number of hydrogen-bond acceptors (Lipinski definition) is 7. The molecule has 25 heavy (non-hydrogen) atoms. The number of ether oxygens (including phenoxy) is 1. The minimum Gasteiger partial charge on any atom is -0.480 e. The SMILES string of the molecule is CCCC(C)OC(=O)CNC(=O)C(CS)NC(=O)CCC(N)C(=O)O. The van der Waals surface area contributed by atoms with Crippen LogP contribution in [0.1, 0.15) is 39.5 Å². The predicted molar refractivity (Wildman–Crippen MR) is 94.1 cm³/mol. The van der Waals surface area contributed by atoms with Crippen LogP contribution in [-0.4, -0.2) is 59.3 Å². The Bertz CT molecular complexity index is 474. The molecular formula is C15H27N3O6S. The third kappa shape index (κ3) is 10.6. The standard InChI is InChI=1S/C15H27N3O6S/c1-3-4-9(2)24-13(20)7-17-14(21)11(8-25)18-12(19)6-5-10(16)15(22)23/h9-11,25H,3-8,16H2,1-2H3,(H,17,21)(H,18,19)(H,22,23). The van der Waals surface area contributed by atoms with Gasteiger partial charge in [-0.1, -0.05) is 13.3 Å². The molecule has 0 saturated heterocycles. The van der Waals surface area contributed by atoms with E-state index in [1.165, 1.54) is 0 Å². The molecular weight excluding hydrogens is 350 g/mol. The Morgan fingerprint density at radius 3 is 2.40 bits per heavy atom. The van der Waals surface area contributed by atoms with Crippen molar-refractivity contribution in [2.45, 2.75) is 57.7 Å². The summed E-state index contributed by atoms with van der Waals surface area (Å²) < 4.78 is 5.09. The van der Waals surface area contributed by atoms with Crippen LogP contribution in [0.2, 0.25) is 0 Å². The summed E-state index contributed by atoms with van der Waals surface area (Å²) in [5.74, 6) is -2.85. The van der Waals surface area contributed by atoms with E-state index in [1.807, 2.05) is 6.92 Å². The van der Waals surface area contributed by atoms with Crippen LogP contribution in [0, 0.1) is 0 Å². The maximum Gasteiger partial charge on any atom is 0.325 e. The lowest BCUT2D eigenvalue weighted by Crippen LogP contribution is -2.49. The summed E-state index contributed by atoms with van der Waals surface area (Å²) in [5.41, 5.74) is 5.30. The highest BCUT2D eigenvalue weighted by Gasteiger charge is 2.21. The van der Waals surface area contributed by atoms with Gasteiger partial charge in [0.2, 0.25) is 11.8 Å². The minimum absolute atomic E-state index is 0.0177. The van der Waals surface area contributed by atoms with Crippen molar-refractivity contribution >= 4 is 36.4 Å². The Morgan fingerprint density at radius 2 is 1.88 bits per heavy atom. The number of nitrogens with two attached hydrogens (primary N) is 1. The Kier molecular flexibility index (Phi) is 11.6. The van der Waals surface area contributed by atoms with E-state index < -0.39 is 35.8 Å². The first kappa shape index (κ1) is 23.2. The highest BCUT2D eigenvalue weighted by Crippen LogP contribution is 2.01. The summed E-state index contributed by atoms with van der Waals surface area (Å²) in [4.78, 5) is 45.9. The molecule has 0 aliphatic heterocycles. The van der Waals surface area contributed by atoms with Crippen molar-refractivity contribution in [1.82, 2.24) is 10.6 Å². The largest absolute Gasteiger partial charge is 0.480 e. The average molecular weight is 377 g/mol. The molecule has 0 aliphatic carbocycles. The highest BCUT2D eigenvalue weighted by molar-refractivity contribution is 7.80. The second-order valence-corrected chi connectivity index (χ2v) is 5.96. The number of carboxylic acids is 1. The van der Waals surface area contributed by atoms with Crippen LogP contribution in [0.15, 0.2) is 0 Å². The summed E-state index contributed by atoms with van der Waals surface area (Å²) >= 11 is 3.99. The molecule has 3 unspecified atom stereocenters. The topological polar surface area (TPSA) is 148 Å². The lowest BCUT2D eigenvalue weighted by Gasteiger charge is -2.17. The molecule has 2 amide bonds. The summed E-state index contributed by atoms with van der Waals surface area (Å²) in [6, 6.07) is -2.09. The van der Waals surface area contributed by atoms with E-state index in [2.05, 4.69) is 23.3 Å². The van der Waals surface area contributed by atoms with Crippen LogP contribution in [0.4, 0.5) is 0 Å². The van der Waals surface area contributed by atoms with Crippen LogP contribution in [0.3, 0.4) is 0 Å². The highest BCUT2D eigenvalue weighted by atomic mass is 32.1. The third-order valence-electron chi connectivity index (χ3n) is 3.27. The lowest BCUT2D eigenvalue weighted by molar-refractivity contribution is -0.148. The first-order chi connectivity index (χ1) is 11.7. The van der Waals surface area contributed by atoms with Gasteiger partial charge in [0.25, 0.3) is 0 Å². The molecule has 10 heteroatoms. The minimum atomic E-state index is -1.20. The van der Waals surface area contributed by atoms with E-state index in [9.17, 15) is 19.2 Å². The molecule has 0 fully saturated rings. The van der Waals surface area contributed by atoms with Gasteiger partial charge in [0.05, 0.1) is 6.10 Å². The average Bonchev–Trinajstić information content (AvgIpc) is 2.55. The molecule has 3 atom stereocenters. The number of thiol groups is 1. The maximum absolute atomic E-state index is 12.0. The third-order valence-corrected chi connectivity index (χ3v) is 3.63. The van der Waals surface area contributed by atoms with Crippen molar-refractivity contribution in [3.05, 3.63) is 0 Å². The van der Waals surface area contributed by atoms with Gasteiger partial charge in [0, 0.05) is 12.2 Å². The van der Waals surface area contributed by atoms with Gasteiger partial charge in [-0.05, 0) is 19.8 Å². The molecule has 0 aliphatic rings. The molecule has 0 rings (SSSR count). The molecule has 0 radical (unpaired) electrons. The molecule has 0 aromatic rings. The Labute approximate surface area is 152 Å². The summed E-state index contributed by atoms with van der Waals surface area (Å²) in [6.07, 6.45) is 1.19. The zero-order chi connectivity index (χ0) is 19.4. The number of carbonyl (C=O) groups excluding carboxylic acids is 3. The summed E-state index contributed by atoms with van der Waals surface area (Å²) in [7, 11) is 0. The van der Waals surface area contributed by atoms with Crippen LogP contribution < -0.4 is 16.4 Å². The molecule has 0 saturated carbocycles. The fraction of sp³-hybridized carbons (Fsp3) is 0.733. The molecule has 0 aromatic carbocycles. The normalized spacial score (nSPS) is 14.1. The second-order valence-electron chi connectivity index (χ2n) is 5.59. The number of amides is 2. The van der Waals surface area contributed by atoms with Gasteiger partial charge < -0.3 is 26.2 Å². The number of carbonyl (C=O) groups is 4. The molecule has 9 nitrogen and oxygen atoms in total. The van der Waals surface area contributed by atoms with Gasteiger partial charge in [-0.25, -0.2) is 0 Å². The first-order valence-corrected chi connectivity index (χ1v) is 8.70. The maximum atomic E-state index is 12.0. The number of carboxylic acid groups (broad SMARTS) is 1. The van der Waals surface area contributed by atoms with Crippen LogP contribution in [0.5, 0.6) is 0 Å². The van der Waals surface area contributed by atoms with Crippen LogP contribution >= 0.6 is 12.6 Å². The number of esters is 1. The van der Waals surface area contributed by atoms with Gasteiger partial charge in [0.15, 0.2) is 0 Å². The van der Waals surface area contributed by atoms with E-state index in [-0.39, 0.29) is 31.2 Å². The lowest BCUT2D eigenvalue weighted by atomic mass is 10.1. The van der Waals surface area contributed by atoms with Crippen LogP contribution in [0.25, 0.3) is 0 Å². The van der Waals surface area contributed by atoms with Gasteiger partial charge in [-0.2, -0.15) is 12.6 Å². The Hall–Kier alpha value is -1.81. The van der Waals surface area contributed by atoms with Gasteiger partial charge in [0.1, 0.15) is 18.6 Å². The Balaban J connectivity index is 4.26. The quantitative estimate of drug-likeness (QED) is 0.226. The van der Waals surface area contributed by atoms with Crippen molar-refractivity contribution in [2.75, 3.05) is 12.3 Å². The number of nitrogens with one attached hydrogen (secondary N) is 2. The monoisotopic (exact) mass is 377 g/mol. The second kappa shape index (κ2) is 12.5. The fourth-order valence-corrected chi connectivity index (χ4v) is 2.14. The van der Waals surface area contributed by atoms with E-state index in [0.717, 1.165) is 12.8 Å². The zero-order valence-electron chi connectivity index (χ0n) is 14.5. The van der Waals surface area contributed by atoms with Gasteiger partial charge >= 0.3 is 11.9 Å². The summed E-state index contributed by atoms with van der Waals surface area (Å²) in [6.45, 7) is 3.42. The van der Waals surface area contributed by atoms with Gasteiger partial charge in [-0.3, -0.25) is 19.2 Å². The zero-order valence-corrected chi connectivity index (χ0v) is 15.4. The van der Waals surface area contributed by atoms with E-state index in [0.29, 0.717) is 0 Å². The van der Waals surface area contributed by atoms with E-state index >= 15 is 0 Å².